The molecule has 3 aromatic rings. The first-order chi connectivity index (χ1) is 11.8. The number of anilines is 1. The number of thiazole rings is 1. The highest BCUT2D eigenvalue weighted by Gasteiger charge is 2.18. The zero-order chi connectivity index (χ0) is 18.1. The summed E-state index contributed by atoms with van der Waals surface area (Å²) in [6, 6.07) is 14.0. The van der Waals surface area contributed by atoms with Crippen molar-refractivity contribution in [3.05, 3.63) is 60.0 Å². The molecule has 1 heterocycles. The number of rotatable bonds is 5. The van der Waals surface area contributed by atoms with Crippen molar-refractivity contribution in [3.63, 3.8) is 0 Å². The van der Waals surface area contributed by atoms with Crippen LogP contribution < -0.4 is 9.86 Å². The Morgan fingerprint density at radius 2 is 1.48 bits per heavy atom. The van der Waals surface area contributed by atoms with Crippen molar-refractivity contribution in [2.75, 3.05) is 4.72 Å². The van der Waals surface area contributed by atoms with Gasteiger partial charge in [-0.15, -0.1) is 11.3 Å². The molecular weight excluding hydrogens is 382 g/mol. The van der Waals surface area contributed by atoms with Gasteiger partial charge in [-0.2, -0.15) is 0 Å². The van der Waals surface area contributed by atoms with Gasteiger partial charge in [0.2, 0.25) is 10.0 Å². The highest BCUT2D eigenvalue weighted by atomic mass is 32.2. The predicted molar refractivity (Wildman–Crippen MR) is 96.2 cm³/mol. The summed E-state index contributed by atoms with van der Waals surface area (Å²) in [7, 11) is -7.76. The summed E-state index contributed by atoms with van der Waals surface area (Å²) in [6.45, 7) is 0. The maximum absolute atomic E-state index is 12.4. The van der Waals surface area contributed by atoms with Crippen molar-refractivity contribution in [1.82, 2.24) is 4.98 Å². The molecule has 0 bridgehead atoms. The van der Waals surface area contributed by atoms with E-state index >= 15 is 0 Å². The molecule has 0 radical (unpaired) electrons. The van der Waals surface area contributed by atoms with Crippen LogP contribution in [0.4, 0.5) is 5.13 Å². The Labute approximate surface area is 149 Å². The number of sulfonamides is 2. The van der Waals surface area contributed by atoms with Crippen LogP contribution in [0.3, 0.4) is 0 Å². The summed E-state index contributed by atoms with van der Waals surface area (Å²) >= 11 is 1.16. The van der Waals surface area contributed by atoms with Crippen LogP contribution in [0.25, 0.3) is 11.3 Å². The fourth-order valence-corrected chi connectivity index (χ4v) is 4.53. The molecule has 0 atom stereocenters. The SMILES string of the molecule is NS(=O)(=O)c1ccc(S(=O)(=O)Nc2nc(-c3ccccc3)cs2)cc1. The molecule has 0 spiro atoms. The second kappa shape index (κ2) is 6.56. The molecule has 2 aromatic carbocycles. The van der Waals surface area contributed by atoms with Crippen molar-refractivity contribution < 1.29 is 16.8 Å². The van der Waals surface area contributed by atoms with Gasteiger partial charge in [-0.3, -0.25) is 4.72 Å². The lowest BCUT2D eigenvalue weighted by Crippen LogP contribution is -2.14. The average molecular weight is 395 g/mol. The number of hydrogen-bond acceptors (Lipinski definition) is 6. The van der Waals surface area contributed by atoms with E-state index in [1.165, 1.54) is 12.1 Å². The molecule has 25 heavy (non-hydrogen) atoms. The number of aromatic nitrogens is 1. The van der Waals surface area contributed by atoms with Gasteiger partial charge >= 0.3 is 0 Å². The molecule has 0 unspecified atom stereocenters. The Morgan fingerprint density at radius 1 is 0.880 bits per heavy atom. The van der Waals surface area contributed by atoms with E-state index in [2.05, 4.69) is 9.71 Å². The highest BCUT2D eigenvalue weighted by Crippen LogP contribution is 2.26. The van der Waals surface area contributed by atoms with Gasteiger partial charge < -0.3 is 0 Å². The van der Waals surface area contributed by atoms with Crippen molar-refractivity contribution in [1.29, 1.82) is 0 Å². The first kappa shape index (κ1) is 17.5. The van der Waals surface area contributed by atoms with E-state index in [4.69, 9.17) is 5.14 Å². The van der Waals surface area contributed by atoms with Gasteiger partial charge in [-0.25, -0.2) is 27.0 Å². The van der Waals surface area contributed by atoms with Crippen molar-refractivity contribution in [3.8, 4) is 11.3 Å². The molecule has 1 aromatic heterocycles. The molecule has 0 saturated carbocycles. The van der Waals surface area contributed by atoms with Gasteiger partial charge in [-0.05, 0) is 24.3 Å². The minimum absolute atomic E-state index is 0.0867. The molecule has 130 valence electrons. The van der Waals surface area contributed by atoms with Crippen molar-refractivity contribution >= 4 is 36.5 Å². The van der Waals surface area contributed by atoms with E-state index in [0.717, 1.165) is 29.0 Å². The smallest absolute Gasteiger partial charge is 0.255 e. The molecule has 7 nitrogen and oxygen atoms in total. The Morgan fingerprint density at radius 3 is 2.08 bits per heavy atom. The topological polar surface area (TPSA) is 119 Å². The van der Waals surface area contributed by atoms with Crippen LogP contribution in [-0.2, 0) is 20.0 Å². The second-order valence-electron chi connectivity index (χ2n) is 5.03. The summed E-state index contributed by atoms with van der Waals surface area (Å²) in [6.07, 6.45) is 0. The van der Waals surface area contributed by atoms with Gasteiger partial charge in [0, 0.05) is 10.9 Å². The van der Waals surface area contributed by atoms with Gasteiger partial charge in [0.05, 0.1) is 15.5 Å². The largest absolute Gasteiger partial charge is 0.263 e. The minimum Gasteiger partial charge on any atom is -0.255 e. The Kier molecular flexibility index (Phi) is 4.60. The van der Waals surface area contributed by atoms with Gasteiger partial charge in [0.15, 0.2) is 5.13 Å². The summed E-state index contributed by atoms with van der Waals surface area (Å²) in [4.78, 5) is 4.01. The first-order valence-electron chi connectivity index (χ1n) is 6.92. The zero-order valence-corrected chi connectivity index (χ0v) is 15.1. The molecular formula is C15H13N3O4S3. The maximum atomic E-state index is 12.4. The quantitative estimate of drug-likeness (QED) is 0.687. The number of primary sulfonamides is 1. The monoisotopic (exact) mass is 395 g/mol. The van der Waals surface area contributed by atoms with Gasteiger partial charge in [0.1, 0.15) is 0 Å². The molecule has 0 amide bonds. The Hall–Kier alpha value is -2.27. The summed E-state index contributed by atoms with van der Waals surface area (Å²) < 4.78 is 49.6. The zero-order valence-electron chi connectivity index (χ0n) is 12.7. The van der Waals surface area contributed by atoms with E-state index in [0.29, 0.717) is 5.69 Å². The minimum atomic E-state index is -3.88. The molecule has 0 aliphatic carbocycles. The van der Waals surface area contributed by atoms with Gasteiger partial charge in [-0.1, -0.05) is 30.3 Å². The third-order valence-electron chi connectivity index (χ3n) is 3.26. The van der Waals surface area contributed by atoms with Crippen LogP contribution in [0.1, 0.15) is 0 Å². The van der Waals surface area contributed by atoms with Crippen LogP contribution in [0.5, 0.6) is 0 Å². The molecule has 0 aliphatic rings. The van der Waals surface area contributed by atoms with Crippen LogP contribution in [-0.4, -0.2) is 21.8 Å². The number of hydrogen-bond donors (Lipinski definition) is 2. The van der Waals surface area contributed by atoms with Gasteiger partial charge in [0.25, 0.3) is 10.0 Å². The van der Waals surface area contributed by atoms with Crippen LogP contribution in [0.2, 0.25) is 0 Å². The maximum Gasteiger partial charge on any atom is 0.263 e. The van der Waals surface area contributed by atoms with E-state index in [-0.39, 0.29) is 14.9 Å². The fraction of sp³-hybridized carbons (Fsp3) is 0. The van der Waals surface area contributed by atoms with E-state index in [1.807, 2.05) is 30.3 Å². The molecule has 0 saturated heterocycles. The number of nitrogens with one attached hydrogen (secondary N) is 1. The van der Waals surface area contributed by atoms with Crippen LogP contribution >= 0.6 is 11.3 Å². The predicted octanol–water partition coefficient (Wildman–Crippen LogP) is 2.26. The van der Waals surface area contributed by atoms with Crippen LogP contribution in [0.15, 0.2) is 69.8 Å². The third kappa shape index (κ3) is 4.04. The summed E-state index contributed by atoms with van der Waals surface area (Å²) in [5.41, 5.74) is 1.54. The molecule has 0 fully saturated rings. The molecule has 10 heteroatoms. The van der Waals surface area contributed by atoms with Crippen molar-refractivity contribution in [2.45, 2.75) is 9.79 Å². The number of nitrogens with two attached hydrogens (primary N) is 1. The molecule has 3 rings (SSSR count). The van der Waals surface area contributed by atoms with Crippen LogP contribution in [0, 0.1) is 0 Å². The number of benzene rings is 2. The number of nitrogens with zero attached hydrogens (tertiary/aromatic N) is 1. The normalized spacial score (nSPS) is 12.0. The third-order valence-corrected chi connectivity index (χ3v) is 6.43. The summed E-state index contributed by atoms with van der Waals surface area (Å²) in [5, 5.41) is 6.96. The lowest BCUT2D eigenvalue weighted by atomic mass is 10.2. The Bertz CT molecular complexity index is 1090. The Balaban J connectivity index is 1.84. The van der Waals surface area contributed by atoms with Crippen molar-refractivity contribution in [2.24, 2.45) is 5.14 Å². The summed E-state index contributed by atoms with van der Waals surface area (Å²) in [5.74, 6) is 0. The lowest BCUT2D eigenvalue weighted by molar-refractivity contribution is 0.595. The fourth-order valence-electron chi connectivity index (χ4n) is 2.04. The second-order valence-corrected chi connectivity index (χ2v) is 9.13. The molecule has 0 aliphatic heterocycles. The standard InChI is InChI=1S/C15H13N3O4S3/c16-24(19,20)12-6-8-13(9-7-12)25(21,22)18-15-17-14(10-23-15)11-4-2-1-3-5-11/h1-10H,(H,17,18)(H2,16,19,20). The van der Waals surface area contributed by atoms with E-state index in [1.54, 1.807) is 5.38 Å². The van der Waals surface area contributed by atoms with E-state index < -0.39 is 20.0 Å². The van der Waals surface area contributed by atoms with E-state index in [9.17, 15) is 16.8 Å². The first-order valence-corrected chi connectivity index (χ1v) is 10.8. The molecule has 3 N–H and O–H groups in total. The highest BCUT2D eigenvalue weighted by molar-refractivity contribution is 7.93. The lowest BCUT2D eigenvalue weighted by Gasteiger charge is -2.06. The average Bonchev–Trinajstić information content (AvgIpc) is 3.03.